The molecule has 3 fully saturated rings. The largest absolute Gasteiger partial charge is 0.446 e. The Hall–Kier alpha value is -3.64. The summed E-state index contributed by atoms with van der Waals surface area (Å²) in [6.07, 6.45) is -1.42. The van der Waals surface area contributed by atoms with Crippen LogP contribution in [-0.2, 0) is 20.5 Å². The second-order valence-electron chi connectivity index (χ2n) is 11.2. The molecule has 3 aliphatic rings. The Labute approximate surface area is 228 Å². The predicted octanol–water partition coefficient (Wildman–Crippen LogP) is 5.35. The van der Waals surface area contributed by atoms with Gasteiger partial charge in [-0.1, -0.05) is 6.07 Å². The number of nitrogens with zero attached hydrogens (tertiary/aromatic N) is 2. The van der Waals surface area contributed by atoms with Gasteiger partial charge in [0.05, 0.1) is 17.2 Å². The van der Waals surface area contributed by atoms with Crippen molar-refractivity contribution in [2.45, 2.75) is 88.4 Å². The van der Waals surface area contributed by atoms with Crippen LogP contribution in [0.15, 0.2) is 18.2 Å². The van der Waals surface area contributed by atoms with Gasteiger partial charge in [-0.3, -0.25) is 14.7 Å². The summed E-state index contributed by atoms with van der Waals surface area (Å²) < 4.78 is 62.6. The highest BCUT2D eigenvalue weighted by Crippen LogP contribution is 2.42. The standard InChI is InChI=1S/C27H31F4N5O4/c1-14(17-7-8-19(36-11-3-4-21(36)37)23(28)22(17)27(29,30)31)24(38)32-20-13-18(34-35-20)15-5-6-16(12-15)40-25(39)33-26(2)9-10-26/h7-8,13-16H,3-6,9-12H2,1-2H3,(H,33,39)(H2,32,34,35,38)/t14?,15-,16+/m0/s1. The third-order valence-corrected chi connectivity index (χ3v) is 8.01. The number of alkyl halides is 3. The van der Waals surface area contributed by atoms with E-state index in [9.17, 15) is 27.6 Å². The Balaban J connectivity index is 1.24. The van der Waals surface area contributed by atoms with Gasteiger partial charge in [-0.25, -0.2) is 9.18 Å². The number of aromatic amines is 1. The lowest BCUT2D eigenvalue weighted by atomic mass is 9.93. The molecule has 2 aliphatic carbocycles. The van der Waals surface area contributed by atoms with E-state index in [4.69, 9.17) is 4.74 Å². The van der Waals surface area contributed by atoms with E-state index in [1.54, 1.807) is 6.07 Å². The monoisotopic (exact) mass is 565 g/mol. The van der Waals surface area contributed by atoms with Crippen LogP contribution in [0.1, 0.15) is 87.4 Å². The topological polar surface area (TPSA) is 116 Å². The van der Waals surface area contributed by atoms with Crippen LogP contribution in [-0.4, -0.2) is 46.3 Å². The van der Waals surface area contributed by atoms with Crippen LogP contribution in [0.3, 0.4) is 0 Å². The molecule has 5 rings (SSSR count). The fraction of sp³-hybridized carbons (Fsp3) is 0.556. The number of carbonyl (C=O) groups excluding carboxylic acids is 3. The van der Waals surface area contributed by atoms with Crippen molar-refractivity contribution in [3.8, 4) is 0 Å². The van der Waals surface area contributed by atoms with E-state index >= 15 is 4.39 Å². The number of hydrogen-bond donors (Lipinski definition) is 3. The van der Waals surface area contributed by atoms with Gasteiger partial charge in [-0.2, -0.15) is 18.3 Å². The molecule has 40 heavy (non-hydrogen) atoms. The number of nitrogens with one attached hydrogen (secondary N) is 3. The summed E-state index contributed by atoms with van der Waals surface area (Å²) in [4.78, 5) is 38.0. The lowest BCUT2D eigenvalue weighted by molar-refractivity contribution is -0.141. The minimum atomic E-state index is -5.08. The number of rotatable bonds is 7. The Bertz CT molecular complexity index is 1320. The van der Waals surface area contributed by atoms with Crippen molar-refractivity contribution in [3.63, 3.8) is 0 Å². The Kier molecular flexibility index (Phi) is 7.26. The molecule has 13 heteroatoms. The highest BCUT2D eigenvalue weighted by molar-refractivity contribution is 5.97. The first kappa shape index (κ1) is 27.9. The van der Waals surface area contributed by atoms with Crippen LogP contribution < -0.4 is 15.5 Å². The van der Waals surface area contributed by atoms with Gasteiger partial charge >= 0.3 is 12.3 Å². The highest BCUT2D eigenvalue weighted by atomic mass is 19.4. The van der Waals surface area contributed by atoms with Crippen LogP contribution in [0, 0.1) is 5.82 Å². The van der Waals surface area contributed by atoms with Gasteiger partial charge in [0.2, 0.25) is 11.8 Å². The van der Waals surface area contributed by atoms with Gasteiger partial charge < -0.3 is 20.3 Å². The first-order valence-corrected chi connectivity index (χ1v) is 13.4. The van der Waals surface area contributed by atoms with E-state index in [2.05, 4.69) is 20.8 Å². The summed E-state index contributed by atoms with van der Waals surface area (Å²) in [5.41, 5.74) is -2.02. The summed E-state index contributed by atoms with van der Waals surface area (Å²) in [5, 5.41) is 12.3. The molecule has 1 aliphatic heterocycles. The molecule has 3 amide bonds. The lowest BCUT2D eigenvalue weighted by Gasteiger charge is -2.23. The van der Waals surface area contributed by atoms with E-state index in [1.165, 1.54) is 6.92 Å². The van der Waals surface area contributed by atoms with Crippen LogP contribution in [0.4, 0.5) is 33.9 Å². The molecule has 9 nitrogen and oxygen atoms in total. The zero-order valence-electron chi connectivity index (χ0n) is 22.2. The van der Waals surface area contributed by atoms with E-state index in [0.29, 0.717) is 25.0 Å². The zero-order valence-corrected chi connectivity index (χ0v) is 22.2. The van der Waals surface area contributed by atoms with Gasteiger partial charge in [0.1, 0.15) is 6.10 Å². The van der Waals surface area contributed by atoms with Crippen molar-refractivity contribution in [2.24, 2.45) is 0 Å². The Morgan fingerprint density at radius 3 is 2.65 bits per heavy atom. The van der Waals surface area contributed by atoms with Crippen molar-refractivity contribution < 1.29 is 36.7 Å². The summed E-state index contributed by atoms with van der Waals surface area (Å²) in [6, 6.07) is 3.76. The molecule has 2 aromatic rings. The smallest absolute Gasteiger partial charge is 0.419 e. The maximum Gasteiger partial charge on any atom is 0.419 e. The van der Waals surface area contributed by atoms with Crippen LogP contribution in [0.5, 0.6) is 0 Å². The third kappa shape index (κ3) is 5.78. The molecule has 3 atom stereocenters. The minimum absolute atomic E-state index is 0.00310. The third-order valence-electron chi connectivity index (χ3n) is 8.01. The molecule has 216 valence electrons. The van der Waals surface area contributed by atoms with E-state index in [1.807, 2.05) is 6.92 Å². The molecule has 1 saturated heterocycles. The summed E-state index contributed by atoms with van der Waals surface area (Å²) in [7, 11) is 0. The Morgan fingerprint density at radius 2 is 2.00 bits per heavy atom. The fourth-order valence-electron chi connectivity index (χ4n) is 5.40. The molecule has 1 unspecified atom stereocenters. The second kappa shape index (κ2) is 10.4. The quantitative estimate of drug-likeness (QED) is 0.392. The number of amides is 3. The molecule has 2 heterocycles. The average Bonchev–Trinajstić information content (AvgIpc) is 3.28. The zero-order chi connectivity index (χ0) is 28.8. The molecule has 2 saturated carbocycles. The van der Waals surface area contributed by atoms with Gasteiger partial charge in [-0.15, -0.1) is 0 Å². The highest BCUT2D eigenvalue weighted by Gasteiger charge is 2.42. The minimum Gasteiger partial charge on any atom is -0.446 e. The van der Waals surface area contributed by atoms with E-state index < -0.39 is 52.6 Å². The van der Waals surface area contributed by atoms with Crippen molar-refractivity contribution in [3.05, 3.63) is 40.8 Å². The van der Waals surface area contributed by atoms with Gasteiger partial charge in [0.15, 0.2) is 11.6 Å². The average molecular weight is 566 g/mol. The maximum atomic E-state index is 15.2. The number of carbonyl (C=O) groups is 3. The van der Waals surface area contributed by atoms with Crippen molar-refractivity contribution in [2.75, 3.05) is 16.8 Å². The van der Waals surface area contributed by atoms with Gasteiger partial charge in [0.25, 0.3) is 0 Å². The number of ether oxygens (including phenoxy) is 1. The normalized spacial score (nSPS) is 22.8. The molecular formula is C27H31F4N5O4. The molecule has 0 spiro atoms. The van der Waals surface area contributed by atoms with Crippen LogP contribution in [0.2, 0.25) is 0 Å². The van der Waals surface area contributed by atoms with Crippen LogP contribution in [0.25, 0.3) is 0 Å². The molecule has 0 radical (unpaired) electrons. The van der Waals surface area contributed by atoms with Crippen molar-refractivity contribution in [1.82, 2.24) is 15.5 Å². The predicted molar refractivity (Wildman–Crippen MR) is 136 cm³/mol. The number of hydrogen-bond acceptors (Lipinski definition) is 5. The second-order valence-corrected chi connectivity index (χ2v) is 11.2. The molecule has 0 bridgehead atoms. The lowest BCUT2D eigenvalue weighted by Crippen LogP contribution is -2.36. The van der Waals surface area contributed by atoms with Gasteiger partial charge in [-0.05, 0) is 64.0 Å². The summed E-state index contributed by atoms with van der Waals surface area (Å²) in [5.74, 6) is -4.08. The molecule has 1 aromatic carbocycles. The number of alkyl carbamates (subject to hydrolysis) is 1. The summed E-state index contributed by atoms with van der Waals surface area (Å²) in [6.45, 7) is 3.34. The number of benzene rings is 1. The first-order valence-electron chi connectivity index (χ1n) is 13.4. The Morgan fingerprint density at radius 1 is 1.25 bits per heavy atom. The number of halogens is 4. The summed E-state index contributed by atoms with van der Waals surface area (Å²) >= 11 is 0. The maximum absolute atomic E-state index is 15.2. The van der Waals surface area contributed by atoms with Gasteiger partial charge in [0, 0.05) is 36.2 Å². The van der Waals surface area contributed by atoms with Crippen LogP contribution >= 0.6 is 0 Å². The molecule has 1 aromatic heterocycles. The SMILES string of the molecule is CC(C(=O)Nc1cc([C@H]2CC[C@@H](OC(=O)NC3(C)CC3)C2)[nH]n1)c1ccc(N2CCCC2=O)c(F)c1C(F)(F)F. The van der Waals surface area contributed by atoms with E-state index in [0.717, 1.165) is 36.3 Å². The van der Waals surface area contributed by atoms with Crippen molar-refractivity contribution >= 4 is 29.4 Å². The number of H-pyrrole nitrogens is 1. The first-order chi connectivity index (χ1) is 18.8. The molecular weight excluding hydrogens is 534 g/mol. The molecule has 3 N–H and O–H groups in total. The van der Waals surface area contributed by atoms with Crippen molar-refractivity contribution in [1.29, 1.82) is 0 Å². The fourth-order valence-corrected chi connectivity index (χ4v) is 5.40. The number of anilines is 2. The number of aromatic nitrogens is 2. The van der Waals surface area contributed by atoms with E-state index in [-0.39, 0.29) is 36.3 Å².